The number of sulfonamides is 1. The van der Waals surface area contributed by atoms with Crippen molar-refractivity contribution < 1.29 is 31.2 Å². The number of benzene rings is 2. The number of carbonyl (C=O) groups excluding carboxylic acids is 2. The quantitative estimate of drug-likeness (QED) is 0.498. The van der Waals surface area contributed by atoms with E-state index >= 15 is 0 Å². The molecule has 2 amide bonds. The van der Waals surface area contributed by atoms with Gasteiger partial charge in [-0.15, -0.1) is 0 Å². The Hall–Kier alpha value is -3.08. The van der Waals surface area contributed by atoms with E-state index in [2.05, 4.69) is 5.32 Å². The lowest BCUT2D eigenvalue weighted by atomic mass is 10.1. The maximum Gasteiger partial charge on any atom is 0.244 e. The molecule has 2 aromatic rings. The molecule has 2 rings (SSSR count). The predicted octanol–water partition coefficient (Wildman–Crippen LogP) is 3.59. The normalized spacial score (nSPS) is 13.1. The van der Waals surface area contributed by atoms with Crippen molar-refractivity contribution in [2.75, 3.05) is 17.1 Å². The monoisotopic (exact) mass is 513 g/mol. The minimum Gasteiger partial charge on any atom is -0.352 e. The summed E-state index contributed by atoms with van der Waals surface area (Å²) in [5.74, 6) is -4.08. The number of carbonyl (C=O) groups is 2. The molecule has 7 nitrogen and oxygen atoms in total. The average molecular weight is 514 g/mol. The molecule has 0 saturated heterocycles. The van der Waals surface area contributed by atoms with Crippen LogP contribution >= 0.6 is 0 Å². The fourth-order valence-electron chi connectivity index (χ4n) is 3.40. The van der Waals surface area contributed by atoms with Crippen LogP contribution in [-0.2, 0) is 26.2 Å². The van der Waals surface area contributed by atoms with E-state index in [0.717, 1.165) is 18.4 Å². The summed E-state index contributed by atoms with van der Waals surface area (Å²) in [6.45, 7) is 4.55. The zero-order valence-corrected chi connectivity index (χ0v) is 20.9. The molecule has 0 heterocycles. The number of anilines is 1. The predicted molar refractivity (Wildman–Crippen MR) is 127 cm³/mol. The van der Waals surface area contributed by atoms with Gasteiger partial charge in [-0.1, -0.05) is 26.0 Å². The Bertz CT molecular complexity index is 1140. The number of rotatable bonds is 11. The zero-order chi connectivity index (χ0) is 26.3. The third-order valence-electron chi connectivity index (χ3n) is 5.52. The minimum absolute atomic E-state index is 0.0963. The second kappa shape index (κ2) is 12.1. The van der Waals surface area contributed by atoms with Crippen LogP contribution in [0.1, 0.15) is 39.2 Å². The van der Waals surface area contributed by atoms with Crippen LogP contribution in [0.5, 0.6) is 0 Å². The van der Waals surface area contributed by atoms with Gasteiger partial charge in [0, 0.05) is 18.7 Å². The van der Waals surface area contributed by atoms with E-state index in [1.807, 2.05) is 13.8 Å². The number of nitrogens with one attached hydrogen (secondary N) is 1. The molecule has 2 aromatic carbocycles. The molecule has 0 radical (unpaired) electrons. The highest BCUT2D eigenvalue weighted by Gasteiger charge is 2.32. The van der Waals surface area contributed by atoms with Crippen LogP contribution in [0.4, 0.5) is 18.9 Å². The Morgan fingerprint density at radius 3 is 2.11 bits per heavy atom. The summed E-state index contributed by atoms with van der Waals surface area (Å²) in [5, 5.41) is 2.82. The van der Waals surface area contributed by atoms with E-state index < -0.39 is 51.9 Å². The molecule has 192 valence electrons. The van der Waals surface area contributed by atoms with E-state index in [0.29, 0.717) is 22.4 Å². The molecule has 0 saturated carbocycles. The first kappa shape index (κ1) is 28.2. The first-order valence-corrected chi connectivity index (χ1v) is 13.0. The Kier molecular flexibility index (Phi) is 9.70. The van der Waals surface area contributed by atoms with Crippen LogP contribution in [0.2, 0.25) is 0 Å². The molecule has 0 spiro atoms. The van der Waals surface area contributed by atoms with Crippen LogP contribution < -0.4 is 9.62 Å². The second-order valence-electron chi connectivity index (χ2n) is 8.26. The molecule has 0 aliphatic carbocycles. The van der Waals surface area contributed by atoms with Gasteiger partial charge in [0.15, 0.2) is 11.6 Å². The maximum atomic E-state index is 13.8. The molecule has 0 unspecified atom stereocenters. The lowest BCUT2D eigenvalue weighted by molar-refractivity contribution is -0.140. The van der Waals surface area contributed by atoms with Crippen molar-refractivity contribution in [2.45, 2.75) is 52.2 Å². The van der Waals surface area contributed by atoms with Crippen LogP contribution in [0, 0.1) is 17.5 Å². The molecule has 11 heteroatoms. The number of halogens is 3. The SMILES string of the molecule is CC[C@@H](C)NC(=O)[C@H](CC)N(Cc1ccc(F)cc1)C(=O)CN(c1ccc(F)c(F)c1)S(C)(=O)=O. The van der Waals surface area contributed by atoms with E-state index in [-0.39, 0.29) is 24.7 Å². The van der Waals surface area contributed by atoms with Crippen molar-refractivity contribution in [1.29, 1.82) is 0 Å². The Labute approximate surface area is 204 Å². The Morgan fingerprint density at radius 2 is 1.60 bits per heavy atom. The van der Waals surface area contributed by atoms with E-state index in [1.165, 1.54) is 29.2 Å². The largest absolute Gasteiger partial charge is 0.352 e. The highest BCUT2D eigenvalue weighted by Crippen LogP contribution is 2.22. The first-order valence-electron chi connectivity index (χ1n) is 11.1. The topological polar surface area (TPSA) is 86.8 Å². The molecule has 0 bridgehead atoms. The highest BCUT2D eigenvalue weighted by molar-refractivity contribution is 7.92. The van der Waals surface area contributed by atoms with Gasteiger partial charge in [0.1, 0.15) is 18.4 Å². The molecular weight excluding hydrogens is 483 g/mol. The van der Waals surface area contributed by atoms with Crippen LogP contribution in [0.3, 0.4) is 0 Å². The summed E-state index contributed by atoms with van der Waals surface area (Å²) in [4.78, 5) is 27.6. The zero-order valence-electron chi connectivity index (χ0n) is 20.1. The number of amides is 2. The second-order valence-corrected chi connectivity index (χ2v) is 10.2. The molecule has 0 aliphatic rings. The number of hydrogen-bond acceptors (Lipinski definition) is 4. The summed E-state index contributed by atoms with van der Waals surface area (Å²) in [7, 11) is -4.08. The standard InChI is InChI=1S/C24H30F3N3O4S/c1-5-16(3)28-24(32)22(6-2)29(14-17-7-9-18(25)10-8-17)23(31)15-30(35(4,33)34)19-11-12-20(26)21(27)13-19/h7-13,16,22H,5-6,14-15H2,1-4H3,(H,28,32)/t16-,22+/m1/s1. The average Bonchev–Trinajstić information content (AvgIpc) is 2.79. The van der Waals surface area contributed by atoms with Crippen molar-refractivity contribution in [1.82, 2.24) is 10.2 Å². The van der Waals surface area contributed by atoms with Crippen molar-refractivity contribution in [3.05, 3.63) is 65.5 Å². The van der Waals surface area contributed by atoms with Crippen molar-refractivity contribution in [3.63, 3.8) is 0 Å². The van der Waals surface area contributed by atoms with E-state index in [1.54, 1.807) is 6.92 Å². The van der Waals surface area contributed by atoms with Gasteiger partial charge >= 0.3 is 0 Å². The van der Waals surface area contributed by atoms with Crippen LogP contribution in [-0.4, -0.2) is 50.0 Å². The van der Waals surface area contributed by atoms with Gasteiger partial charge in [-0.25, -0.2) is 21.6 Å². The van der Waals surface area contributed by atoms with Gasteiger partial charge < -0.3 is 10.2 Å². The lowest BCUT2D eigenvalue weighted by Crippen LogP contribution is -2.53. The maximum absolute atomic E-state index is 13.8. The summed E-state index contributed by atoms with van der Waals surface area (Å²) in [6.07, 6.45) is 1.71. The summed E-state index contributed by atoms with van der Waals surface area (Å²) >= 11 is 0. The Morgan fingerprint density at radius 1 is 0.971 bits per heavy atom. The molecule has 2 atom stereocenters. The molecule has 35 heavy (non-hydrogen) atoms. The van der Waals surface area contributed by atoms with Crippen molar-refractivity contribution >= 4 is 27.5 Å². The van der Waals surface area contributed by atoms with Gasteiger partial charge in [0.05, 0.1) is 11.9 Å². The third-order valence-corrected chi connectivity index (χ3v) is 6.66. The molecule has 1 N–H and O–H groups in total. The number of nitrogens with zero attached hydrogens (tertiary/aromatic N) is 2. The van der Waals surface area contributed by atoms with E-state index in [4.69, 9.17) is 0 Å². The van der Waals surface area contributed by atoms with Crippen LogP contribution in [0.25, 0.3) is 0 Å². The van der Waals surface area contributed by atoms with Gasteiger partial charge in [0.2, 0.25) is 21.8 Å². The summed E-state index contributed by atoms with van der Waals surface area (Å²) < 4.78 is 66.2. The molecular formula is C24H30F3N3O4S. The van der Waals surface area contributed by atoms with Crippen molar-refractivity contribution in [2.24, 2.45) is 0 Å². The summed E-state index contributed by atoms with van der Waals surface area (Å²) in [6, 6.07) is 6.71. The van der Waals surface area contributed by atoms with Crippen LogP contribution in [0.15, 0.2) is 42.5 Å². The fraction of sp³-hybridized carbons (Fsp3) is 0.417. The number of hydrogen-bond donors (Lipinski definition) is 1. The minimum atomic E-state index is -4.08. The summed E-state index contributed by atoms with van der Waals surface area (Å²) in [5.41, 5.74) is 0.284. The van der Waals surface area contributed by atoms with Crippen molar-refractivity contribution in [3.8, 4) is 0 Å². The molecule has 0 aliphatic heterocycles. The fourth-order valence-corrected chi connectivity index (χ4v) is 4.24. The molecule has 0 aromatic heterocycles. The smallest absolute Gasteiger partial charge is 0.244 e. The first-order chi connectivity index (χ1) is 16.4. The third kappa shape index (κ3) is 7.71. The van der Waals surface area contributed by atoms with Gasteiger partial charge in [-0.05, 0) is 49.6 Å². The van der Waals surface area contributed by atoms with Gasteiger partial charge in [-0.3, -0.25) is 13.9 Å². The van der Waals surface area contributed by atoms with Gasteiger partial charge in [0.25, 0.3) is 0 Å². The van der Waals surface area contributed by atoms with E-state index in [9.17, 15) is 31.2 Å². The highest BCUT2D eigenvalue weighted by atomic mass is 32.2. The van der Waals surface area contributed by atoms with Gasteiger partial charge in [-0.2, -0.15) is 0 Å². The Balaban J connectivity index is 2.45. The lowest BCUT2D eigenvalue weighted by Gasteiger charge is -2.33. The molecule has 0 fully saturated rings.